The molecule has 2 N–H and O–H groups in total. The first-order valence-corrected chi connectivity index (χ1v) is 4.39. The number of nitrogen functional groups attached to an aromatic ring is 1. The van der Waals surface area contributed by atoms with Gasteiger partial charge in [0.05, 0.1) is 6.61 Å². The van der Waals surface area contributed by atoms with Crippen LogP contribution in [0.1, 0.15) is 20.3 Å². The molecule has 0 amide bonds. The summed E-state index contributed by atoms with van der Waals surface area (Å²) < 4.78 is 5.37. The summed E-state index contributed by atoms with van der Waals surface area (Å²) in [6.45, 7) is 4.98. The molecule has 0 fully saturated rings. The van der Waals surface area contributed by atoms with E-state index >= 15 is 0 Å². The third-order valence-corrected chi connectivity index (χ3v) is 1.61. The molecule has 1 rings (SSSR count). The Hall–Kier alpha value is -1.32. The lowest BCUT2D eigenvalue weighted by atomic mass is 10.1. The molecule has 0 spiro atoms. The fraction of sp³-hybridized carbons (Fsp3) is 0.556. The Morgan fingerprint density at radius 3 is 2.85 bits per heavy atom. The molecule has 0 aliphatic rings. The first-order chi connectivity index (χ1) is 6.18. The fourth-order valence-corrected chi connectivity index (χ4v) is 0.832. The van der Waals surface area contributed by atoms with E-state index in [2.05, 4.69) is 23.8 Å². The first kappa shape index (κ1) is 9.77. The van der Waals surface area contributed by atoms with E-state index in [1.165, 1.54) is 6.33 Å². The largest absolute Gasteiger partial charge is 0.478 e. The third kappa shape index (κ3) is 3.73. The van der Waals surface area contributed by atoms with Crippen molar-refractivity contribution < 1.29 is 4.74 Å². The SMILES string of the molecule is CC(C)CCOc1cc(N)ncn1. The molecule has 0 aromatic carbocycles. The quantitative estimate of drug-likeness (QED) is 0.764. The van der Waals surface area contributed by atoms with Crippen LogP contribution in [0, 0.1) is 5.92 Å². The van der Waals surface area contributed by atoms with E-state index in [0.29, 0.717) is 24.2 Å². The molecular formula is C9H15N3O. The molecule has 0 aliphatic carbocycles. The van der Waals surface area contributed by atoms with E-state index in [0.717, 1.165) is 6.42 Å². The summed E-state index contributed by atoms with van der Waals surface area (Å²) in [5, 5.41) is 0. The maximum atomic E-state index is 5.46. The highest BCUT2D eigenvalue weighted by atomic mass is 16.5. The summed E-state index contributed by atoms with van der Waals surface area (Å²) in [5.74, 6) is 1.63. The van der Waals surface area contributed by atoms with Gasteiger partial charge in [0, 0.05) is 6.07 Å². The van der Waals surface area contributed by atoms with Gasteiger partial charge in [0.15, 0.2) is 0 Å². The minimum Gasteiger partial charge on any atom is -0.478 e. The van der Waals surface area contributed by atoms with Crippen molar-refractivity contribution in [2.75, 3.05) is 12.3 Å². The van der Waals surface area contributed by atoms with Crippen LogP contribution < -0.4 is 10.5 Å². The lowest BCUT2D eigenvalue weighted by Crippen LogP contribution is -2.03. The van der Waals surface area contributed by atoms with Crippen LogP contribution in [0.4, 0.5) is 5.82 Å². The standard InChI is InChI=1S/C9H15N3O/c1-7(2)3-4-13-9-5-8(10)11-6-12-9/h5-7H,3-4H2,1-2H3,(H2,10,11,12). The molecule has 0 radical (unpaired) electrons. The van der Waals surface area contributed by atoms with E-state index < -0.39 is 0 Å². The van der Waals surface area contributed by atoms with Gasteiger partial charge in [0.25, 0.3) is 0 Å². The van der Waals surface area contributed by atoms with Crippen molar-refractivity contribution in [2.45, 2.75) is 20.3 Å². The smallest absolute Gasteiger partial charge is 0.218 e. The lowest BCUT2D eigenvalue weighted by Gasteiger charge is -2.06. The van der Waals surface area contributed by atoms with Crippen molar-refractivity contribution >= 4 is 5.82 Å². The summed E-state index contributed by atoms with van der Waals surface area (Å²) in [7, 11) is 0. The average Bonchev–Trinajstić information content (AvgIpc) is 2.03. The Kier molecular flexibility index (Phi) is 3.49. The maximum Gasteiger partial charge on any atom is 0.218 e. The summed E-state index contributed by atoms with van der Waals surface area (Å²) in [6, 6.07) is 1.63. The van der Waals surface area contributed by atoms with Crippen LogP contribution in [0.25, 0.3) is 0 Å². The van der Waals surface area contributed by atoms with Gasteiger partial charge < -0.3 is 10.5 Å². The van der Waals surface area contributed by atoms with Crippen LogP contribution >= 0.6 is 0 Å². The van der Waals surface area contributed by atoms with Crippen molar-refractivity contribution in [3.8, 4) is 5.88 Å². The highest BCUT2D eigenvalue weighted by Crippen LogP contribution is 2.09. The minimum absolute atomic E-state index is 0.439. The van der Waals surface area contributed by atoms with Gasteiger partial charge in [0.2, 0.25) is 5.88 Å². The second kappa shape index (κ2) is 4.64. The first-order valence-electron chi connectivity index (χ1n) is 4.39. The monoisotopic (exact) mass is 181 g/mol. The van der Waals surface area contributed by atoms with Crippen LogP contribution in [0.15, 0.2) is 12.4 Å². The Morgan fingerprint density at radius 1 is 1.46 bits per heavy atom. The summed E-state index contributed by atoms with van der Waals surface area (Å²) in [4.78, 5) is 7.69. The molecule has 0 atom stereocenters. The topological polar surface area (TPSA) is 61.0 Å². The number of hydrogen-bond donors (Lipinski definition) is 1. The predicted octanol–water partition coefficient (Wildman–Crippen LogP) is 1.48. The highest BCUT2D eigenvalue weighted by molar-refractivity contribution is 5.30. The zero-order chi connectivity index (χ0) is 9.68. The molecule has 0 saturated heterocycles. The molecular weight excluding hydrogens is 166 g/mol. The normalized spacial score (nSPS) is 10.4. The van der Waals surface area contributed by atoms with Crippen molar-refractivity contribution in [2.24, 2.45) is 5.92 Å². The summed E-state index contributed by atoms with van der Waals surface area (Å²) in [6.07, 6.45) is 2.42. The second-order valence-electron chi connectivity index (χ2n) is 3.31. The number of nitrogens with two attached hydrogens (primary N) is 1. The highest BCUT2D eigenvalue weighted by Gasteiger charge is 1.98. The predicted molar refractivity (Wildman–Crippen MR) is 51.4 cm³/mol. The number of rotatable bonds is 4. The Balaban J connectivity index is 2.37. The molecule has 1 aromatic rings. The lowest BCUT2D eigenvalue weighted by molar-refractivity contribution is 0.279. The number of hydrogen-bond acceptors (Lipinski definition) is 4. The molecule has 0 aliphatic heterocycles. The van der Waals surface area contributed by atoms with Gasteiger partial charge in [-0.2, -0.15) is 0 Å². The molecule has 72 valence electrons. The van der Waals surface area contributed by atoms with Gasteiger partial charge in [0.1, 0.15) is 12.1 Å². The molecule has 4 heteroatoms. The Bertz CT molecular complexity index is 263. The zero-order valence-corrected chi connectivity index (χ0v) is 8.03. The Morgan fingerprint density at radius 2 is 2.23 bits per heavy atom. The van der Waals surface area contributed by atoms with Gasteiger partial charge in [-0.05, 0) is 12.3 Å². The van der Waals surface area contributed by atoms with Crippen molar-refractivity contribution in [1.29, 1.82) is 0 Å². The van der Waals surface area contributed by atoms with Gasteiger partial charge in [-0.1, -0.05) is 13.8 Å². The van der Waals surface area contributed by atoms with Gasteiger partial charge >= 0.3 is 0 Å². The molecule has 1 aromatic heterocycles. The van der Waals surface area contributed by atoms with Crippen LogP contribution in [-0.4, -0.2) is 16.6 Å². The zero-order valence-electron chi connectivity index (χ0n) is 8.03. The minimum atomic E-state index is 0.439. The van der Waals surface area contributed by atoms with Crippen LogP contribution in [0.3, 0.4) is 0 Å². The molecule has 4 nitrogen and oxygen atoms in total. The Labute approximate surface area is 78.1 Å². The molecule has 0 saturated carbocycles. The second-order valence-corrected chi connectivity index (χ2v) is 3.31. The van der Waals surface area contributed by atoms with E-state index in [-0.39, 0.29) is 0 Å². The fourth-order valence-electron chi connectivity index (χ4n) is 0.832. The van der Waals surface area contributed by atoms with Gasteiger partial charge in [-0.15, -0.1) is 0 Å². The van der Waals surface area contributed by atoms with E-state index in [9.17, 15) is 0 Å². The van der Waals surface area contributed by atoms with Crippen LogP contribution in [-0.2, 0) is 0 Å². The average molecular weight is 181 g/mol. The third-order valence-electron chi connectivity index (χ3n) is 1.61. The van der Waals surface area contributed by atoms with Crippen LogP contribution in [0.5, 0.6) is 5.88 Å². The van der Waals surface area contributed by atoms with Crippen LogP contribution in [0.2, 0.25) is 0 Å². The maximum absolute atomic E-state index is 5.46. The summed E-state index contributed by atoms with van der Waals surface area (Å²) in [5.41, 5.74) is 5.46. The molecule has 0 bridgehead atoms. The molecule has 1 heterocycles. The van der Waals surface area contributed by atoms with Gasteiger partial charge in [-0.25, -0.2) is 9.97 Å². The van der Waals surface area contributed by atoms with E-state index in [1.807, 2.05) is 0 Å². The number of aromatic nitrogens is 2. The van der Waals surface area contributed by atoms with Gasteiger partial charge in [-0.3, -0.25) is 0 Å². The van der Waals surface area contributed by atoms with Crippen molar-refractivity contribution in [1.82, 2.24) is 9.97 Å². The molecule has 0 unspecified atom stereocenters. The van der Waals surface area contributed by atoms with Crippen molar-refractivity contribution in [3.05, 3.63) is 12.4 Å². The summed E-state index contributed by atoms with van der Waals surface area (Å²) >= 11 is 0. The van der Waals surface area contributed by atoms with E-state index in [4.69, 9.17) is 10.5 Å². The number of anilines is 1. The number of nitrogens with zero attached hydrogens (tertiary/aromatic N) is 2. The molecule has 13 heavy (non-hydrogen) atoms. The van der Waals surface area contributed by atoms with E-state index in [1.54, 1.807) is 6.07 Å². The van der Waals surface area contributed by atoms with Crippen molar-refractivity contribution in [3.63, 3.8) is 0 Å². The number of ether oxygens (including phenoxy) is 1.